The van der Waals surface area contributed by atoms with Crippen LogP contribution in [0.25, 0.3) is 0 Å². The SMILES string of the molecule is Cc1cc(F)ccc1CCNCc1cc[nH]c1. The fourth-order valence-electron chi connectivity index (χ4n) is 1.86. The lowest BCUT2D eigenvalue weighted by Gasteiger charge is -2.06. The summed E-state index contributed by atoms with van der Waals surface area (Å²) in [5.41, 5.74) is 3.47. The smallest absolute Gasteiger partial charge is 0.123 e. The topological polar surface area (TPSA) is 27.8 Å². The van der Waals surface area contributed by atoms with E-state index in [-0.39, 0.29) is 5.82 Å². The highest BCUT2D eigenvalue weighted by molar-refractivity contribution is 5.26. The van der Waals surface area contributed by atoms with Crippen molar-refractivity contribution in [2.45, 2.75) is 19.9 Å². The molecule has 2 N–H and O–H groups in total. The van der Waals surface area contributed by atoms with Crippen molar-refractivity contribution < 1.29 is 4.39 Å². The highest BCUT2D eigenvalue weighted by Gasteiger charge is 2.00. The molecule has 0 saturated heterocycles. The van der Waals surface area contributed by atoms with Gasteiger partial charge in [-0.2, -0.15) is 0 Å². The molecule has 90 valence electrons. The van der Waals surface area contributed by atoms with Crippen molar-refractivity contribution >= 4 is 0 Å². The van der Waals surface area contributed by atoms with Crippen LogP contribution in [-0.4, -0.2) is 11.5 Å². The molecule has 0 aliphatic heterocycles. The van der Waals surface area contributed by atoms with E-state index in [0.717, 1.165) is 25.1 Å². The number of aryl methyl sites for hydroxylation is 1. The number of H-pyrrole nitrogens is 1. The zero-order valence-electron chi connectivity index (χ0n) is 9.96. The van der Waals surface area contributed by atoms with Crippen molar-refractivity contribution in [1.82, 2.24) is 10.3 Å². The lowest BCUT2D eigenvalue weighted by atomic mass is 10.1. The summed E-state index contributed by atoms with van der Waals surface area (Å²) in [6.07, 6.45) is 4.83. The van der Waals surface area contributed by atoms with Gasteiger partial charge in [0.1, 0.15) is 5.82 Å². The van der Waals surface area contributed by atoms with E-state index >= 15 is 0 Å². The Labute approximate surface area is 101 Å². The molecule has 1 heterocycles. The zero-order valence-corrected chi connectivity index (χ0v) is 9.96. The molecule has 0 radical (unpaired) electrons. The Hall–Kier alpha value is -1.61. The second kappa shape index (κ2) is 5.64. The van der Waals surface area contributed by atoms with Gasteiger partial charge in [0.15, 0.2) is 0 Å². The molecule has 2 rings (SSSR count). The minimum absolute atomic E-state index is 0.161. The standard InChI is InChI=1S/C14H17FN2/c1-11-8-14(15)3-2-13(11)5-7-17-10-12-4-6-16-9-12/h2-4,6,8-9,16-17H,5,7,10H2,1H3. The molecule has 0 unspecified atom stereocenters. The van der Waals surface area contributed by atoms with Crippen LogP contribution < -0.4 is 5.32 Å². The summed E-state index contributed by atoms with van der Waals surface area (Å²) < 4.78 is 12.9. The van der Waals surface area contributed by atoms with Crippen LogP contribution in [0, 0.1) is 12.7 Å². The lowest BCUT2D eigenvalue weighted by molar-refractivity contribution is 0.624. The Balaban J connectivity index is 1.78. The van der Waals surface area contributed by atoms with Gasteiger partial charge in [-0.1, -0.05) is 6.07 Å². The minimum atomic E-state index is -0.161. The predicted octanol–water partition coefficient (Wildman–Crippen LogP) is 2.79. The van der Waals surface area contributed by atoms with Gasteiger partial charge in [-0.15, -0.1) is 0 Å². The molecule has 0 atom stereocenters. The third kappa shape index (κ3) is 3.43. The second-order valence-electron chi connectivity index (χ2n) is 4.22. The van der Waals surface area contributed by atoms with Crippen molar-refractivity contribution in [1.29, 1.82) is 0 Å². The Bertz CT molecular complexity index is 463. The summed E-state index contributed by atoms with van der Waals surface area (Å²) in [4.78, 5) is 3.02. The number of nitrogens with one attached hydrogen (secondary N) is 2. The van der Waals surface area contributed by atoms with Crippen molar-refractivity contribution in [3.8, 4) is 0 Å². The average Bonchev–Trinajstić information content (AvgIpc) is 2.79. The summed E-state index contributed by atoms with van der Waals surface area (Å²) in [5.74, 6) is -0.161. The molecule has 0 amide bonds. The number of benzene rings is 1. The highest BCUT2D eigenvalue weighted by atomic mass is 19.1. The maximum absolute atomic E-state index is 12.9. The number of aromatic amines is 1. The first-order valence-corrected chi connectivity index (χ1v) is 5.83. The molecular formula is C14H17FN2. The van der Waals surface area contributed by atoms with E-state index in [4.69, 9.17) is 0 Å². The van der Waals surface area contributed by atoms with Gasteiger partial charge >= 0.3 is 0 Å². The molecule has 0 aliphatic rings. The first-order valence-electron chi connectivity index (χ1n) is 5.83. The van der Waals surface area contributed by atoms with Gasteiger partial charge in [0.05, 0.1) is 0 Å². The molecule has 1 aromatic heterocycles. The Morgan fingerprint density at radius 1 is 1.29 bits per heavy atom. The fraction of sp³-hybridized carbons (Fsp3) is 0.286. The third-order valence-corrected chi connectivity index (χ3v) is 2.87. The van der Waals surface area contributed by atoms with Gasteiger partial charge in [0.25, 0.3) is 0 Å². The van der Waals surface area contributed by atoms with Crippen LogP contribution >= 0.6 is 0 Å². The van der Waals surface area contributed by atoms with E-state index in [1.807, 2.05) is 25.4 Å². The van der Waals surface area contributed by atoms with Gasteiger partial charge in [-0.25, -0.2) is 4.39 Å². The molecule has 17 heavy (non-hydrogen) atoms. The molecule has 0 fully saturated rings. The largest absolute Gasteiger partial charge is 0.367 e. The van der Waals surface area contributed by atoms with Crippen molar-refractivity contribution in [2.24, 2.45) is 0 Å². The normalized spacial score (nSPS) is 10.7. The molecule has 1 aromatic carbocycles. The molecule has 0 bridgehead atoms. The highest BCUT2D eigenvalue weighted by Crippen LogP contribution is 2.10. The van der Waals surface area contributed by atoms with Gasteiger partial charge < -0.3 is 10.3 Å². The minimum Gasteiger partial charge on any atom is -0.367 e. The first kappa shape index (κ1) is 11.9. The number of aromatic nitrogens is 1. The van der Waals surface area contributed by atoms with Crippen LogP contribution in [0.3, 0.4) is 0 Å². The molecule has 2 aromatic rings. The molecular weight excluding hydrogens is 215 g/mol. The Morgan fingerprint density at radius 3 is 2.88 bits per heavy atom. The Morgan fingerprint density at radius 2 is 2.18 bits per heavy atom. The molecule has 0 aliphatic carbocycles. The summed E-state index contributed by atoms with van der Waals surface area (Å²) in [6.45, 7) is 3.71. The van der Waals surface area contributed by atoms with E-state index in [1.165, 1.54) is 17.2 Å². The van der Waals surface area contributed by atoms with E-state index in [1.54, 1.807) is 6.07 Å². The molecule has 3 heteroatoms. The van der Waals surface area contributed by atoms with Gasteiger partial charge in [-0.05, 0) is 54.8 Å². The predicted molar refractivity (Wildman–Crippen MR) is 67.3 cm³/mol. The van der Waals surface area contributed by atoms with E-state index in [2.05, 4.69) is 16.4 Å². The monoisotopic (exact) mass is 232 g/mol. The maximum atomic E-state index is 12.9. The lowest BCUT2D eigenvalue weighted by Crippen LogP contribution is -2.16. The first-order chi connectivity index (χ1) is 8.25. The van der Waals surface area contributed by atoms with Crippen LogP contribution in [0.1, 0.15) is 16.7 Å². The quantitative estimate of drug-likeness (QED) is 0.762. The molecule has 0 saturated carbocycles. The van der Waals surface area contributed by atoms with Gasteiger partial charge in [-0.3, -0.25) is 0 Å². The van der Waals surface area contributed by atoms with Gasteiger partial charge in [0.2, 0.25) is 0 Å². The third-order valence-electron chi connectivity index (χ3n) is 2.87. The van der Waals surface area contributed by atoms with E-state index in [9.17, 15) is 4.39 Å². The van der Waals surface area contributed by atoms with E-state index in [0.29, 0.717) is 0 Å². The molecule has 2 nitrogen and oxygen atoms in total. The number of rotatable bonds is 5. The Kier molecular flexibility index (Phi) is 3.94. The van der Waals surface area contributed by atoms with Crippen LogP contribution in [0.4, 0.5) is 4.39 Å². The van der Waals surface area contributed by atoms with Crippen molar-refractivity contribution in [2.75, 3.05) is 6.54 Å². The molecule has 0 spiro atoms. The number of hydrogen-bond acceptors (Lipinski definition) is 1. The average molecular weight is 232 g/mol. The zero-order chi connectivity index (χ0) is 12.1. The van der Waals surface area contributed by atoms with Crippen molar-refractivity contribution in [3.05, 3.63) is 59.2 Å². The van der Waals surface area contributed by atoms with Crippen LogP contribution in [0.5, 0.6) is 0 Å². The summed E-state index contributed by atoms with van der Waals surface area (Å²) in [7, 11) is 0. The van der Waals surface area contributed by atoms with Crippen LogP contribution in [0.15, 0.2) is 36.7 Å². The second-order valence-corrected chi connectivity index (χ2v) is 4.22. The van der Waals surface area contributed by atoms with Crippen LogP contribution in [-0.2, 0) is 13.0 Å². The van der Waals surface area contributed by atoms with Crippen molar-refractivity contribution in [3.63, 3.8) is 0 Å². The van der Waals surface area contributed by atoms with E-state index < -0.39 is 0 Å². The van der Waals surface area contributed by atoms with Crippen LogP contribution in [0.2, 0.25) is 0 Å². The summed E-state index contributed by atoms with van der Waals surface area (Å²) in [6, 6.07) is 7.02. The summed E-state index contributed by atoms with van der Waals surface area (Å²) in [5, 5.41) is 3.36. The number of hydrogen-bond donors (Lipinski definition) is 2. The maximum Gasteiger partial charge on any atom is 0.123 e. The summed E-state index contributed by atoms with van der Waals surface area (Å²) >= 11 is 0. The van der Waals surface area contributed by atoms with Gasteiger partial charge in [0, 0.05) is 18.9 Å². The number of halogens is 1. The fourth-order valence-corrected chi connectivity index (χ4v) is 1.86.